The highest BCUT2D eigenvalue weighted by Gasteiger charge is 2.58. The zero-order chi connectivity index (χ0) is 59.2. The molecule has 0 aromatic carbocycles. The van der Waals surface area contributed by atoms with Crippen LogP contribution in [0.5, 0.6) is 0 Å². The SMILES string of the molecule is CC(=O)N[C@H]1[C@H](OC[C@H]2O[C@H](O)[C@H](O)[C@@H]2O)O[C@H](CO)[C@@H](O[C@@H]2O[C@H](CO)[C@@H](O[C@@H]3O[C@H](CO)[C@@H](O[C@@H]4O[C@H](CO)[C@@H](O[C@@H]5O[C@H](CO)[C@@H](O)[C@H](O)[C@H]5NC(C)=O)[C@H](O)[C@H]4NC(C)=O)[C@H](O)[C@H]3NC(C)=O)[C@H](O)[C@H]2NC(C)=O)[C@@H]1O. The fraction of sp³-hybridized carbons (Fsp3) is 0.889. The number of ether oxygens (including phenoxy) is 11. The van der Waals surface area contributed by atoms with Gasteiger partial charge in [0, 0.05) is 34.6 Å². The van der Waals surface area contributed by atoms with Gasteiger partial charge in [0.25, 0.3) is 0 Å². The highest BCUT2D eigenvalue weighted by atomic mass is 16.8. The van der Waals surface area contributed by atoms with E-state index in [0.717, 1.165) is 34.6 Å². The molecule has 0 aliphatic carbocycles. The van der Waals surface area contributed by atoms with Crippen molar-refractivity contribution in [1.82, 2.24) is 26.6 Å². The van der Waals surface area contributed by atoms with Crippen LogP contribution in [-0.2, 0) is 76.1 Å². The van der Waals surface area contributed by atoms with Crippen LogP contribution in [0.15, 0.2) is 0 Å². The van der Waals surface area contributed by atoms with Crippen LogP contribution in [0.25, 0.3) is 0 Å². The Labute approximate surface area is 455 Å². The third-order valence-corrected chi connectivity index (χ3v) is 14.1. The van der Waals surface area contributed by atoms with Crippen molar-refractivity contribution in [1.29, 1.82) is 0 Å². The molecule has 0 bridgehead atoms. The van der Waals surface area contributed by atoms with Crippen LogP contribution in [0, 0.1) is 0 Å². The molecule has 5 amide bonds. The first-order valence-corrected chi connectivity index (χ1v) is 25.5. The summed E-state index contributed by atoms with van der Waals surface area (Å²) in [5.41, 5.74) is 0. The molecule has 460 valence electrons. The van der Waals surface area contributed by atoms with Gasteiger partial charge >= 0.3 is 0 Å². The molecule has 0 unspecified atom stereocenters. The number of aliphatic hydroxyl groups excluding tert-OH is 14. The van der Waals surface area contributed by atoms with E-state index in [1.165, 1.54) is 0 Å². The Kier molecular flexibility index (Phi) is 23.5. The van der Waals surface area contributed by atoms with E-state index in [2.05, 4.69) is 26.6 Å². The summed E-state index contributed by atoms with van der Waals surface area (Å²) in [6, 6.07) is -8.25. The fourth-order valence-corrected chi connectivity index (χ4v) is 10.2. The number of hydrogen-bond donors (Lipinski definition) is 19. The molecule has 6 aliphatic rings. The molecule has 35 heteroatoms. The summed E-state index contributed by atoms with van der Waals surface area (Å²) in [5.74, 6) is -3.91. The minimum Gasteiger partial charge on any atom is -0.394 e. The lowest BCUT2D eigenvalue weighted by atomic mass is 9.93. The quantitative estimate of drug-likeness (QED) is 0.0507. The van der Waals surface area contributed by atoms with E-state index in [9.17, 15) is 95.5 Å². The summed E-state index contributed by atoms with van der Waals surface area (Å²) in [4.78, 5) is 62.6. The van der Waals surface area contributed by atoms with Gasteiger partial charge in [0.15, 0.2) is 37.7 Å². The molecular weight excluding hydrogens is 1090 g/mol. The highest BCUT2D eigenvalue weighted by Crippen LogP contribution is 2.36. The highest BCUT2D eigenvalue weighted by molar-refractivity contribution is 5.75. The summed E-state index contributed by atoms with van der Waals surface area (Å²) in [7, 11) is 0. The first kappa shape index (κ1) is 65.5. The van der Waals surface area contributed by atoms with Crippen molar-refractivity contribution in [3.05, 3.63) is 0 Å². The third-order valence-electron chi connectivity index (χ3n) is 14.1. The average molecular weight is 1170 g/mol. The molecule has 6 heterocycles. The van der Waals surface area contributed by atoms with Crippen molar-refractivity contribution >= 4 is 29.5 Å². The Morgan fingerprint density at radius 1 is 0.325 bits per heavy atom. The van der Waals surface area contributed by atoms with Crippen molar-refractivity contribution in [2.24, 2.45) is 0 Å². The first-order chi connectivity index (χ1) is 37.8. The lowest BCUT2D eigenvalue weighted by molar-refractivity contribution is -0.368. The minimum absolute atomic E-state index is 0.582. The minimum atomic E-state index is -2.04. The molecule has 80 heavy (non-hydrogen) atoms. The summed E-state index contributed by atoms with van der Waals surface area (Å²) in [6.07, 6.45) is -42.1. The molecule has 6 aliphatic heterocycles. The molecular formula is C45H75N5O30. The first-order valence-electron chi connectivity index (χ1n) is 25.5. The van der Waals surface area contributed by atoms with Crippen LogP contribution < -0.4 is 26.6 Å². The number of hydrogen-bond acceptors (Lipinski definition) is 30. The summed E-state index contributed by atoms with van der Waals surface area (Å²) in [6.45, 7) is -0.138. The van der Waals surface area contributed by atoms with Crippen LogP contribution in [0.4, 0.5) is 0 Å². The predicted octanol–water partition coefficient (Wildman–Crippen LogP) is -12.7. The van der Waals surface area contributed by atoms with Crippen LogP contribution in [0.1, 0.15) is 34.6 Å². The van der Waals surface area contributed by atoms with E-state index < -0.39 is 247 Å². The van der Waals surface area contributed by atoms with Crippen LogP contribution in [0.2, 0.25) is 0 Å². The molecule has 29 atom stereocenters. The predicted molar refractivity (Wildman–Crippen MR) is 251 cm³/mol. The van der Waals surface area contributed by atoms with E-state index in [4.69, 9.17) is 52.1 Å². The molecule has 0 aromatic rings. The second-order valence-corrected chi connectivity index (χ2v) is 20.0. The molecule has 0 radical (unpaired) electrons. The standard InChI is InChI=1S/C45H75N5O30/c1-12(56)46-23-30(63)28(61)17(6-51)72-42(23)77-37-19(8-53)74-44(25(32(37)65)48-14(3)58)79-39-21(10-55)76-45(27(34(39)67)50-16(5)60)80-38-20(9-54)75-43(26(33(38)66)49-15(4)59)78-36-18(7-52)73-41(24(31(36)64)47-13(2)57)70-11-22-29(62)35(68)40(69)71-22/h17-45,51-55,61-69H,6-11H2,1-5H3,(H,46,56)(H,47,57)(H,48,58)(H,49,59)(H,50,60)/t17-,18-,19-,20-,21-,22-,23-,24-,25-,26-,27-,28-,29-,30-,31-,32-,33-,34-,35-,36-,37-,38-,39-,40+,41-,42+,43+,44+,45+/m1/s1. The van der Waals surface area contributed by atoms with Gasteiger partial charge in [-0.2, -0.15) is 0 Å². The summed E-state index contributed by atoms with van der Waals surface area (Å²) in [5, 5.41) is 163. The van der Waals surface area contributed by atoms with E-state index in [1.807, 2.05) is 0 Å². The molecule has 0 saturated carbocycles. The molecule has 35 nitrogen and oxygen atoms in total. The van der Waals surface area contributed by atoms with Gasteiger partial charge in [-0.3, -0.25) is 24.0 Å². The van der Waals surface area contributed by atoms with E-state index in [0.29, 0.717) is 0 Å². The number of rotatable bonds is 21. The Morgan fingerprint density at radius 3 is 0.838 bits per heavy atom. The Bertz CT molecular complexity index is 2060. The molecule has 0 spiro atoms. The van der Waals surface area contributed by atoms with Crippen molar-refractivity contribution in [3.63, 3.8) is 0 Å². The van der Waals surface area contributed by atoms with Crippen LogP contribution in [0.3, 0.4) is 0 Å². The zero-order valence-corrected chi connectivity index (χ0v) is 43.8. The smallest absolute Gasteiger partial charge is 0.217 e. The lowest BCUT2D eigenvalue weighted by Crippen LogP contribution is -2.72. The number of carbonyl (C=O) groups excluding carboxylic acids is 5. The van der Waals surface area contributed by atoms with Crippen LogP contribution >= 0.6 is 0 Å². The van der Waals surface area contributed by atoms with E-state index >= 15 is 0 Å². The van der Waals surface area contributed by atoms with Gasteiger partial charge < -0.3 is 150 Å². The van der Waals surface area contributed by atoms with Crippen molar-refractivity contribution in [2.45, 2.75) is 212 Å². The second-order valence-electron chi connectivity index (χ2n) is 20.0. The molecule has 6 rings (SSSR count). The molecule has 0 aromatic heterocycles. The van der Waals surface area contributed by atoms with Crippen molar-refractivity contribution < 1.29 is 148 Å². The van der Waals surface area contributed by atoms with Gasteiger partial charge in [-0.15, -0.1) is 0 Å². The van der Waals surface area contributed by atoms with Crippen molar-refractivity contribution in [2.75, 3.05) is 39.6 Å². The van der Waals surface area contributed by atoms with Crippen LogP contribution in [-0.4, -0.2) is 318 Å². The van der Waals surface area contributed by atoms with Gasteiger partial charge in [-0.25, -0.2) is 0 Å². The maximum Gasteiger partial charge on any atom is 0.217 e. The largest absolute Gasteiger partial charge is 0.394 e. The summed E-state index contributed by atoms with van der Waals surface area (Å²) < 4.78 is 64.6. The Morgan fingerprint density at radius 2 is 0.575 bits per heavy atom. The molecule has 6 fully saturated rings. The van der Waals surface area contributed by atoms with Gasteiger partial charge in [0.05, 0.1) is 39.6 Å². The average Bonchev–Trinajstić information content (AvgIpc) is 3.80. The zero-order valence-electron chi connectivity index (χ0n) is 43.8. The topological polar surface area (TPSA) is 530 Å². The monoisotopic (exact) mass is 1170 g/mol. The van der Waals surface area contributed by atoms with E-state index in [-0.39, 0.29) is 0 Å². The summed E-state index contributed by atoms with van der Waals surface area (Å²) >= 11 is 0. The van der Waals surface area contributed by atoms with E-state index in [1.54, 1.807) is 0 Å². The number of carbonyl (C=O) groups is 5. The molecule has 19 N–H and O–H groups in total. The normalized spacial score (nSPS) is 45.1. The van der Waals surface area contributed by atoms with Gasteiger partial charge in [0.1, 0.15) is 140 Å². The van der Waals surface area contributed by atoms with Gasteiger partial charge in [-0.05, 0) is 0 Å². The number of aliphatic hydroxyl groups is 14. The maximum absolute atomic E-state index is 12.8. The lowest BCUT2D eigenvalue weighted by Gasteiger charge is -2.51. The second kappa shape index (κ2) is 28.8. The maximum atomic E-state index is 12.8. The van der Waals surface area contributed by atoms with Gasteiger partial charge in [0.2, 0.25) is 29.5 Å². The Hall–Kier alpha value is -3.65. The third kappa shape index (κ3) is 15.0. The van der Waals surface area contributed by atoms with Crippen molar-refractivity contribution in [3.8, 4) is 0 Å². The fourth-order valence-electron chi connectivity index (χ4n) is 10.2. The van der Waals surface area contributed by atoms with Gasteiger partial charge in [-0.1, -0.05) is 0 Å². The number of amides is 5. The number of nitrogens with one attached hydrogen (secondary N) is 5. The molecule has 6 saturated heterocycles. The Balaban J connectivity index is 1.21.